The van der Waals surface area contributed by atoms with Crippen LogP contribution < -0.4 is 15.0 Å². The molecule has 1 atom stereocenters. The zero-order valence-electron chi connectivity index (χ0n) is 23.5. The van der Waals surface area contributed by atoms with Crippen molar-refractivity contribution in [3.63, 3.8) is 0 Å². The highest BCUT2D eigenvalue weighted by Gasteiger charge is 2.25. The quantitative estimate of drug-likeness (QED) is 0.242. The van der Waals surface area contributed by atoms with Gasteiger partial charge in [0.05, 0.1) is 13.2 Å². The summed E-state index contributed by atoms with van der Waals surface area (Å²) < 4.78 is 11.5. The molecule has 2 N–H and O–H groups in total. The second-order valence-electron chi connectivity index (χ2n) is 10.4. The highest BCUT2D eigenvalue weighted by molar-refractivity contribution is 5.96. The molecule has 0 bridgehead atoms. The van der Waals surface area contributed by atoms with Crippen LogP contribution in [0.4, 0.5) is 5.82 Å². The van der Waals surface area contributed by atoms with Crippen molar-refractivity contribution in [2.75, 3.05) is 24.6 Å². The van der Waals surface area contributed by atoms with Crippen LogP contribution in [-0.2, 0) is 16.1 Å². The standard InChI is InChI=1S/C33H34N4O5/c1-23-16-18-37(19-17-23)30-20-28(32(38)35-29(33(39)40)22-41-21-24-8-4-2-5-9-24)34-31(36-30)25-12-14-27(15-13-25)42-26-10-6-3-7-11-26/h2-15,20,23,29H,16-19,21-22H2,1H3,(H,35,38)(H,39,40). The number of rotatable bonds is 11. The fourth-order valence-electron chi connectivity index (χ4n) is 4.65. The molecule has 1 aromatic heterocycles. The molecule has 5 rings (SSSR count). The molecule has 0 aliphatic carbocycles. The molecule has 1 aliphatic heterocycles. The van der Waals surface area contributed by atoms with Crippen molar-refractivity contribution >= 4 is 17.7 Å². The zero-order valence-corrected chi connectivity index (χ0v) is 23.5. The first kappa shape index (κ1) is 28.8. The molecule has 1 saturated heterocycles. The highest BCUT2D eigenvalue weighted by atomic mass is 16.5. The van der Waals surface area contributed by atoms with E-state index in [9.17, 15) is 14.7 Å². The van der Waals surface area contributed by atoms with Gasteiger partial charge in [0.1, 0.15) is 23.0 Å². The minimum absolute atomic E-state index is 0.0903. The molecule has 216 valence electrons. The number of para-hydroxylation sites is 1. The number of nitrogens with zero attached hydrogens (tertiary/aromatic N) is 3. The van der Waals surface area contributed by atoms with Crippen molar-refractivity contribution in [1.29, 1.82) is 0 Å². The molecule has 1 unspecified atom stereocenters. The van der Waals surface area contributed by atoms with Crippen LogP contribution in [0.3, 0.4) is 0 Å². The number of carboxylic acid groups (broad SMARTS) is 1. The Balaban J connectivity index is 1.35. The van der Waals surface area contributed by atoms with Crippen LogP contribution in [0.25, 0.3) is 11.4 Å². The van der Waals surface area contributed by atoms with Gasteiger partial charge in [-0.05, 0) is 60.7 Å². The van der Waals surface area contributed by atoms with E-state index in [-0.39, 0.29) is 18.9 Å². The van der Waals surface area contributed by atoms with Crippen LogP contribution in [0.2, 0.25) is 0 Å². The number of aromatic nitrogens is 2. The first-order valence-electron chi connectivity index (χ1n) is 14.1. The molecule has 2 heterocycles. The lowest BCUT2D eigenvalue weighted by molar-refractivity contribution is -0.141. The molecule has 1 aliphatic rings. The van der Waals surface area contributed by atoms with Gasteiger partial charge in [0, 0.05) is 24.7 Å². The Bertz CT molecular complexity index is 1470. The van der Waals surface area contributed by atoms with E-state index in [4.69, 9.17) is 14.5 Å². The molecule has 0 radical (unpaired) electrons. The molecule has 9 heteroatoms. The summed E-state index contributed by atoms with van der Waals surface area (Å²) in [6.07, 6.45) is 2.04. The highest BCUT2D eigenvalue weighted by Crippen LogP contribution is 2.27. The van der Waals surface area contributed by atoms with E-state index in [0.29, 0.717) is 28.9 Å². The van der Waals surface area contributed by atoms with Crippen LogP contribution in [0.15, 0.2) is 91.0 Å². The maximum Gasteiger partial charge on any atom is 0.328 e. The maximum absolute atomic E-state index is 13.4. The Labute approximate surface area is 245 Å². The summed E-state index contributed by atoms with van der Waals surface area (Å²) in [7, 11) is 0. The number of benzene rings is 3. The third-order valence-corrected chi connectivity index (χ3v) is 7.14. The number of nitrogens with one attached hydrogen (secondary N) is 1. The van der Waals surface area contributed by atoms with Gasteiger partial charge >= 0.3 is 5.97 Å². The lowest BCUT2D eigenvalue weighted by Crippen LogP contribution is -2.44. The molecule has 1 amide bonds. The summed E-state index contributed by atoms with van der Waals surface area (Å²) in [5.74, 6) is 1.21. The fraction of sp³-hybridized carbons (Fsp3) is 0.273. The molecular weight excluding hydrogens is 532 g/mol. The number of ether oxygens (including phenoxy) is 2. The lowest BCUT2D eigenvalue weighted by atomic mass is 9.99. The molecule has 0 spiro atoms. The Morgan fingerprint density at radius 2 is 1.57 bits per heavy atom. The summed E-state index contributed by atoms with van der Waals surface area (Å²) in [5, 5.41) is 12.3. The number of anilines is 1. The largest absolute Gasteiger partial charge is 0.480 e. The molecule has 3 aromatic carbocycles. The molecule has 9 nitrogen and oxygen atoms in total. The van der Waals surface area contributed by atoms with Crippen LogP contribution >= 0.6 is 0 Å². The number of hydrogen-bond acceptors (Lipinski definition) is 7. The SMILES string of the molecule is CC1CCN(c2cc(C(=O)NC(COCc3ccccc3)C(=O)O)nc(-c3ccc(Oc4ccccc4)cc3)n2)CC1. The minimum atomic E-state index is -1.24. The van der Waals surface area contributed by atoms with E-state index >= 15 is 0 Å². The van der Waals surface area contributed by atoms with Gasteiger partial charge in [0.2, 0.25) is 0 Å². The van der Waals surface area contributed by atoms with Crippen molar-refractivity contribution in [3.05, 3.63) is 102 Å². The summed E-state index contributed by atoms with van der Waals surface area (Å²) in [6.45, 7) is 3.90. The third-order valence-electron chi connectivity index (χ3n) is 7.14. The van der Waals surface area contributed by atoms with E-state index in [1.807, 2.05) is 84.9 Å². The van der Waals surface area contributed by atoms with E-state index in [1.165, 1.54) is 0 Å². The van der Waals surface area contributed by atoms with Crippen molar-refractivity contribution in [3.8, 4) is 22.9 Å². The van der Waals surface area contributed by atoms with Crippen LogP contribution in [0, 0.1) is 5.92 Å². The van der Waals surface area contributed by atoms with Crippen molar-refractivity contribution in [1.82, 2.24) is 15.3 Å². The van der Waals surface area contributed by atoms with Crippen LogP contribution in [0.1, 0.15) is 35.8 Å². The molecular formula is C33H34N4O5. The Kier molecular flexibility index (Phi) is 9.41. The van der Waals surface area contributed by atoms with Gasteiger partial charge in [-0.2, -0.15) is 0 Å². The molecule has 42 heavy (non-hydrogen) atoms. The first-order chi connectivity index (χ1) is 20.4. The number of carbonyl (C=O) groups excluding carboxylic acids is 1. The molecule has 0 saturated carbocycles. The van der Waals surface area contributed by atoms with Gasteiger partial charge in [-0.15, -0.1) is 0 Å². The van der Waals surface area contributed by atoms with Gasteiger partial charge in [-0.25, -0.2) is 14.8 Å². The summed E-state index contributed by atoms with van der Waals surface area (Å²) in [6, 6.07) is 26.6. The maximum atomic E-state index is 13.4. The van der Waals surface area contributed by atoms with Crippen LogP contribution in [0.5, 0.6) is 11.5 Å². The normalized spacial score (nSPS) is 14.3. The van der Waals surface area contributed by atoms with Crippen molar-refractivity contribution in [2.24, 2.45) is 5.92 Å². The average molecular weight is 567 g/mol. The summed E-state index contributed by atoms with van der Waals surface area (Å²) >= 11 is 0. The van der Waals surface area contributed by atoms with E-state index in [0.717, 1.165) is 37.2 Å². The fourth-order valence-corrected chi connectivity index (χ4v) is 4.65. The lowest BCUT2D eigenvalue weighted by Gasteiger charge is -2.31. The van der Waals surface area contributed by atoms with Gasteiger partial charge in [-0.3, -0.25) is 4.79 Å². The topological polar surface area (TPSA) is 114 Å². The van der Waals surface area contributed by atoms with Gasteiger partial charge in [-0.1, -0.05) is 55.5 Å². The number of carboxylic acids is 1. The third kappa shape index (κ3) is 7.70. The number of aliphatic carboxylic acids is 1. The first-order valence-corrected chi connectivity index (χ1v) is 14.1. The monoisotopic (exact) mass is 566 g/mol. The Morgan fingerprint density at radius 3 is 2.24 bits per heavy atom. The number of hydrogen-bond donors (Lipinski definition) is 2. The number of piperidine rings is 1. The predicted molar refractivity (Wildman–Crippen MR) is 160 cm³/mol. The molecule has 1 fully saturated rings. The van der Waals surface area contributed by atoms with E-state index in [2.05, 4.69) is 22.1 Å². The number of carbonyl (C=O) groups is 2. The summed E-state index contributed by atoms with van der Waals surface area (Å²) in [5.41, 5.74) is 1.71. The van der Waals surface area contributed by atoms with E-state index in [1.54, 1.807) is 6.07 Å². The Morgan fingerprint density at radius 1 is 0.929 bits per heavy atom. The van der Waals surface area contributed by atoms with Gasteiger partial charge < -0.3 is 24.8 Å². The smallest absolute Gasteiger partial charge is 0.328 e. The van der Waals surface area contributed by atoms with Crippen LogP contribution in [-0.4, -0.2) is 52.7 Å². The second-order valence-corrected chi connectivity index (χ2v) is 10.4. The van der Waals surface area contributed by atoms with Crippen molar-refractivity contribution in [2.45, 2.75) is 32.4 Å². The molecule has 4 aromatic rings. The zero-order chi connectivity index (χ0) is 29.3. The van der Waals surface area contributed by atoms with Crippen molar-refractivity contribution < 1.29 is 24.2 Å². The van der Waals surface area contributed by atoms with Gasteiger partial charge in [0.15, 0.2) is 11.9 Å². The Hall–Kier alpha value is -4.76. The van der Waals surface area contributed by atoms with E-state index < -0.39 is 17.9 Å². The second kappa shape index (κ2) is 13.7. The summed E-state index contributed by atoms with van der Waals surface area (Å²) in [4.78, 5) is 36.8. The number of amides is 1. The minimum Gasteiger partial charge on any atom is -0.480 e. The average Bonchev–Trinajstić information content (AvgIpc) is 3.02. The van der Waals surface area contributed by atoms with Gasteiger partial charge in [0.25, 0.3) is 5.91 Å². The predicted octanol–water partition coefficient (Wildman–Crippen LogP) is 5.57.